The maximum Gasteiger partial charge on any atom is 0.269 e. The van der Waals surface area contributed by atoms with Gasteiger partial charge in [-0.15, -0.1) is 34.0 Å². The molecule has 2 aromatic carbocycles. The van der Waals surface area contributed by atoms with E-state index >= 15 is 0 Å². The number of benzene rings is 2. The van der Waals surface area contributed by atoms with Crippen LogP contribution in [-0.2, 0) is 0 Å². The Morgan fingerprint density at radius 3 is 1.34 bits per heavy atom. The van der Waals surface area contributed by atoms with E-state index in [1.54, 1.807) is 58.3 Å². The van der Waals surface area contributed by atoms with Crippen molar-refractivity contribution in [2.45, 2.75) is 0 Å². The monoisotopic (exact) mass is 438 g/mol. The quantitative estimate of drug-likeness (QED) is 0.217. The van der Waals surface area contributed by atoms with Crippen LogP contribution in [0, 0.1) is 20.2 Å². The zero-order chi connectivity index (χ0) is 20.1. The molecule has 0 unspecified atom stereocenters. The van der Waals surface area contributed by atoms with E-state index in [1.165, 1.54) is 32.3 Å². The lowest BCUT2D eigenvalue weighted by Gasteiger charge is -2.02. The lowest BCUT2D eigenvalue weighted by atomic mass is 10.0. The van der Waals surface area contributed by atoms with Gasteiger partial charge in [-0.1, -0.05) is 0 Å². The summed E-state index contributed by atoms with van der Waals surface area (Å²) in [5.41, 5.74) is 4.10. The number of thiophene rings is 3. The summed E-state index contributed by atoms with van der Waals surface area (Å²) in [6.45, 7) is 0. The first-order valence-electron chi connectivity index (χ1n) is 8.44. The normalized spacial score (nSPS) is 11.3. The van der Waals surface area contributed by atoms with Crippen LogP contribution in [0.5, 0.6) is 0 Å². The molecule has 0 radical (unpaired) electrons. The summed E-state index contributed by atoms with van der Waals surface area (Å²) < 4.78 is 2.40. The van der Waals surface area contributed by atoms with Crippen LogP contribution < -0.4 is 0 Å². The summed E-state index contributed by atoms with van der Waals surface area (Å²) in [4.78, 5) is 21.1. The van der Waals surface area contributed by atoms with Crippen LogP contribution in [0.1, 0.15) is 0 Å². The molecule has 3 heterocycles. The van der Waals surface area contributed by atoms with Crippen molar-refractivity contribution in [1.29, 1.82) is 0 Å². The van der Waals surface area contributed by atoms with Crippen LogP contribution in [-0.4, -0.2) is 9.85 Å². The van der Waals surface area contributed by atoms with E-state index in [2.05, 4.69) is 10.8 Å². The van der Waals surface area contributed by atoms with Crippen LogP contribution in [0.25, 0.3) is 41.1 Å². The van der Waals surface area contributed by atoms with Crippen LogP contribution in [0.4, 0.5) is 11.4 Å². The molecule has 29 heavy (non-hydrogen) atoms. The molecule has 5 rings (SSSR count). The summed E-state index contributed by atoms with van der Waals surface area (Å²) in [6, 6.07) is 13.2. The van der Waals surface area contributed by atoms with Crippen molar-refractivity contribution in [2.24, 2.45) is 0 Å². The van der Waals surface area contributed by atoms with E-state index in [-0.39, 0.29) is 11.4 Å². The van der Waals surface area contributed by atoms with Gasteiger partial charge in [0.05, 0.1) is 17.9 Å². The Labute approximate surface area is 175 Å². The maximum atomic E-state index is 10.9. The lowest BCUT2D eigenvalue weighted by molar-refractivity contribution is -0.385. The minimum absolute atomic E-state index is 0.0674. The lowest BCUT2D eigenvalue weighted by Crippen LogP contribution is -1.87. The SMILES string of the molecule is O=[N+]([O-])c1ccc(-c2csc3sc4scc(-c5ccc([N+](=O)[O-])cc5)c4c23)cc1. The van der Waals surface area contributed by atoms with Gasteiger partial charge >= 0.3 is 0 Å². The fraction of sp³-hybridized carbons (Fsp3) is 0. The van der Waals surface area contributed by atoms with E-state index in [0.717, 1.165) is 33.0 Å². The average Bonchev–Trinajstić information content (AvgIpc) is 3.39. The predicted octanol–water partition coefficient (Wildman–Crippen LogP) is 7.33. The molecule has 3 aromatic heterocycles. The zero-order valence-electron chi connectivity index (χ0n) is 14.5. The van der Waals surface area contributed by atoms with Crippen LogP contribution in [0.2, 0.25) is 0 Å². The highest BCUT2D eigenvalue weighted by Gasteiger charge is 2.19. The van der Waals surface area contributed by atoms with Gasteiger partial charge in [0, 0.05) is 56.9 Å². The number of nitro benzene ring substituents is 2. The van der Waals surface area contributed by atoms with Gasteiger partial charge in [-0.3, -0.25) is 20.2 Å². The molecule has 9 heteroatoms. The van der Waals surface area contributed by atoms with Crippen molar-refractivity contribution < 1.29 is 9.85 Å². The largest absolute Gasteiger partial charge is 0.269 e. The topological polar surface area (TPSA) is 86.3 Å². The van der Waals surface area contributed by atoms with Crippen molar-refractivity contribution in [2.75, 3.05) is 0 Å². The molecular weight excluding hydrogens is 428 g/mol. The van der Waals surface area contributed by atoms with Gasteiger partial charge in [0.2, 0.25) is 0 Å². The predicted molar refractivity (Wildman–Crippen MR) is 119 cm³/mol. The molecule has 0 N–H and O–H groups in total. The second-order valence-corrected chi connectivity index (χ2v) is 9.63. The van der Waals surface area contributed by atoms with Gasteiger partial charge in [-0.2, -0.15) is 0 Å². The maximum absolute atomic E-state index is 10.9. The average molecular weight is 439 g/mol. The van der Waals surface area contributed by atoms with Crippen molar-refractivity contribution in [1.82, 2.24) is 0 Å². The number of nitrogens with zero attached hydrogens (tertiary/aromatic N) is 2. The van der Waals surface area contributed by atoms with Gasteiger partial charge in [0.15, 0.2) is 0 Å². The van der Waals surface area contributed by atoms with Crippen LogP contribution in [0.15, 0.2) is 59.3 Å². The molecule has 5 aromatic rings. The first-order chi connectivity index (χ1) is 14.0. The molecule has 6 nitrogen and oxygen atoms in total. The molecule has 0 atom stereocenters. The van der Waals surface area contributed by atoms with Gasteiger partial charge in [0.1, 0.15) is 0 Å². The molecule has 0 aliphatic heterocycles. The molecule has 0 aliphatic carbocycles. The summed E-state index contributed by atoms with van der Waals surface area (Å²) in [6.07, 6.45) is 0. The minimum atomic E-state index is -0.401. The molecule has 0 saturated carbocycles. The number of fused-ring (bicyclic) bond motifs is 3. The second-order valence-electron chi connectivity index (χ2n) is 6.33. The summed E-state index contributed by atoms with van der Waals surface area (Å²) in [7, 11) is 0. The summed E-state index contributed by atoms with van der Waals surface area (Å²) in [5.74, 6) is 0. The third kappa shape index (κ3) is 2.91. The Bertz CT molecular complexity index is 1290. The zero-order valence-corrected chi connectivity index (χ0v) is 17.0. The number of hydrogen-bond acceptors (Lipinski definition) is 7. The van der Waals surface area contributed by atoms with E-state index < -0.39 is 9.85 Å². The van der Waals surface area contributed by atoms with Crippen molar-refractivity contribution >= 4 is 64.2 Å². The molecule has 0 bridgehead atoms. The molecular formula is C20H10N2O4S3. The number of nitro groups is 2. The fourth-order valence-electron chi connectivity index (χ4n) is 3.34. The Morgan fingerprint density at radius 1 is 0.621 bits per heavy atom. The molecule has 0 saturated heterocycles. The summed E-state index contributed by atoms with van der Waals surface area (Å²) in [5, 5.41) is 28.3. The molecule has 0 amide bonds. The van der Waals surface area contributed by atoms with E-state index in [1.807, 2.05) is 0 Å². The first-order valence-corrected chi connectivity index (χ1v) is 11.0. The van der Waals surface area contributed by atoms with Crippen LogP contribution >= 0.6 is 34.0 Å². The van der Waals surface area contributed by atoms with E-state index in [9.17, 15) is 20.2 Å². The Morgan fingerprint density at radius 2 is 1.00 bits per heavy atom. The number of hydrogen-bond donors (Lipinski definition) is 0. The smallest absolute Gasteiger partial charge is 0.258 e. The van der Waals surface area contributed by atoms with Crippen molar-refractivity contribution in [3.63, 3.8) is 0 Å². The molecule has 0 fully saturated rings. The molecule has 142 valence electrons. The minimum Gasteiger partial charge on any atom is -0.258 e. The number of non-ortho nitro benzene ring substituents is 2. The summed E-state index contributed by atoms with van der Waals surface area (Å²) >= 11 is 5.05. The third-order valence-electron chi connectivity index (χ3n) is 4.73. The first kappa shape index (κ1) is 17.9. The Hall–Kier alpha value is -3.14. The second kappa shape index (κ2) is 6.73. The van der Waals surface area contributed by atoms with Gasteiger partial charge in [0.25, 0.3) is 11.4 Å². The van der Waals surface area contributed by atoms with Crippen molar-refractivity contribution in [3.05, 3.63) is 79.5 Å². The Balaban J connectivity index is 1.69. The Kier molecular flexibility index (Phi) is 4.16. The highest BCUT2D eigenvalue weighted by atomic mass is 32.2. The van der Waals surface area contributed by atoms with E-state index in [0.29, 0.717) is 0 Å². The van der Waals surface area contributed by atoms with Crippen LogP contribution in [0.3, 0.4) is 0 Å². The third-order valence-corrected chi connectivity index (χ3v) is 8.13. The molecule has 0 aliphatic rings. The van der Waals surface area contributed by atoms with E-state index in [4.69, 9.17) is 0 Å². The highest BCUT2D eigenvalue weighted by Crippen LogP contribution is 2.50. The number of rotatable bonds is 4. The standard InChI is InChI=1S/C20H10N2O4S3/c23-21(24)13-5-1-11(2-6-13)15-9-27-19-17(15)18-16(10-28-20(18)29-19)12-3-7-14(8-4-12)22(25)26/h1-10H. The van der Waals surface area contributed by atoms with Gasteiger partial charge in [-0.05, 0) is 35.4 Å². The highest BCUT2D eigenvalue weighted by molar-refractivity contribution is 7.48. The molecule has 0 spiro atoms. The van der Waals surface area contributed by atoms with Gasteiger partial charge in [-0.25, -0.2) is 0 Å². The fourth-order valence-corrected chi connectivity index (χ4v) is 7.08. The van der Waals surface area contributed by atoms with Crippen molar-refractivity contribution in [3.8, 4) is 22.3 Å². The van der Waals surface area contributed by atoms with Gasteiger partial charge < -0.3 is 0 Å².